The molecule has 15 heavy (non-hydrogen) atoms. The van der Waals surface area contributed by atoms with Gasteiger partial charge in [-0.05, 0) is 12.1 Å². The maximum Gasteiger partial charge on any atom is 0.390 e. The normalized spacial score (nSPS) is 14.0. The van der Waals surface area contributed by atoms with Crippen LogP contribution < -0.4 is 5.73 Å². The van der Waals surface area contributed by atoms with E-state index in [1.807, 2.05) is 0 Å². The van der Waals surface area contributed by atoms with Gasteiger partial charge in [0.25, 0.3) is 0 Å². The van der Waals surface area contributed by atoms with Crippen LogP contribution in [0.5, 0.6) is 0 Å². The van der Waals surface area contributed by atoms with Crippen molar-refractivity contribution in [2.75, 3.05) is 0 Å². The Morgan fingerprint density at radius 1 is 1.20 bits per heavy atom. The first-order valence-corrected chi connectivity index (χ1v) is 4.83. The molecule has 0 spiro atoms. The van der Waals surface area contributed by atoms with Crippen molar-refractivity contribution in [3.8, 4) is 0 Å². The molecule has 1 aromatic rings. The van der Waals surface area contributed by atoms with Gasteiger partial charge in [0.2, 0.25) is 0 Å². The molecule has 6 heteroatoms. The van der Waals surface area contributed by atoms with E-state index >= 15 is 0 Å². The Hall–Kier alpha value is -0.450. The van der Waals surface area contributed by atoms with Crippen molar-refractivity contribution in [1.82, 2.24) is 0 Å². The van der Waals surface area contributed by atoms with Crippen LogP contribution in [0.2, 0.25) is 10.0 Å². The summed E-state index contributed by atoms with van der Waals surface area (Å²) < 4.78 is 36.3. The summed E-state index contributed by atoms with van der Waals surface area (Å²) in [4.78, 5) is 0. The van der Waals surface area contributed by atoms with Crippen LogP contribution in [0.3, 0.4) is 0 Å². The summed E-state index contributed by atoms with van der Waals surface area (Å²) in [5, 5.41) is 0.304. The number of hydrogen-bond acceptors (Lipinski definition) is 1. The summed E-state index contributed by atoms with van der Waals surface area (Å²) >= 11 is 11.4. The molecule has 0 aromatic heterocycles. The highest BCUT2D eigenvalue weighted by molar-refractivity contribution is 6.36. The molecule has 0 bridgehead atoms. The smallest absolute Gasteiger partial charge is 0.324 e. The van der Waals surface area contributed by atoms with Crippen LogP contribution >= 0.6 is 23.2 Å². The third kappa shape index (κ3) is 3.55. The lowest BCUT2D eigenvalue weighted by atomic mass is 10.0. The minimum atomic E-state index is -4.33. The zero-order valence-corrected chi connectivity index (χ0v) is 9.00. The molecule has 0 saturated carbocycles. The Balaban J connectivity index is 2.96. The summed E-state index contributed by atoms with van der Waals surface area (Å²) in [6, 6.07) is 3.23. The first kappa shape index (κ1) is 12.6. The third-order valence-electron chi connectivity index (χ3n) is 1.82. The lowest BCUT2D eigenvalue weighted by Crippen LogP contribution is -2.20. The van der Waals surface area contributed by atoms with Crippen LogP contribution in [-0.4, -0.2) is 6.18 Å². The van der Waals surface area contributed by atoms with Gasteiger partial charge in [0, 0.05) is 21.7 Å². The van der Waals surface area contributed by atoms with Crippen molar-refractivity contribution >= 4 is 23.2 Å². The zero-order valence-electron chi connectivity index (χ0n) is 7.48. The maximum atomic E-state index is 12.1. The molecule has 1 aromatic carbocycles. The Labute approximate surface area is 95.0 Å². The molecule has 0 aliphatic carbocycles. The van der Waals surface area contributed by atoms with E-state index in [1.54, 1.807) is 6.07 Å². The molecule has 0 unspecified atom stereocenters. The van der Waals surface area contributed by atoms with Gasteiger partial charge in [-0.2, -0.15) is 13.2 Å². The van der Waals surface area contributed by atoms with Crippen LogP contribution in [0.15, 0.2) is 18.2 Å². The average molecular weight is 258 g/mol. The van der Waals surface area contributed by atoms with E-state index in [9.17, 15) is 13.2 Å². The Kier molecular flexibility index (Phi) is 3.87. The number of rotatable bonds is 2. The van der Waals surface area contributed by atoms with Crippen LogP contribution in [0.25, 0.3) is 0 Å². The molecule has 2 N–H and O–H groups in total. The third-order valence-corrected chi connectivity index (χ3v) is 2.48. The predicted molar refractivity (Wildman–Crippen MR) is 54.1 cm³/mol. The zero-order chi connectivity index (χ0) is 11.6. The fraction of sp³-hybridized carbons (Fsp3) is 0.333. The largest absolute Gasteiger partial charge is 0.390 e. The SMILES string of the molecule is N[C@H](CC(F)(F)F)c1c(Cl)cccc1Cl. The molecule has 0 amide bonds. The first-order valence-electron chi connectivity index (χ1n) is 4.07. The number of alkyl halides is 3. The van der Waals surface area contributed by atoms with Crippen molar-refractivity contribution in [2.24, 2.45) is 5.73 Å². The lowest BCUT2D eigenvalue weighted by Gasteiger charge is -2.16. The average Bonchev–Trinajstić information content (AvgIpc) is 1.99. The standard InChI is InChI=1S/C9H8Cl2F3N/c10-5-2-1-3-6(11)8(5)7(15)4-9(12,13)14/h1-3,7H,4,15H2/t7-/m1/s1. The van der Waals surface area contributed by atoms with Gasteiger partial charge in [-0.1, -0.05) is 29.3 Å². The molecule has 0 aliphatic heterocycles. The quantitative estimate of drug-likeness (QED) is 0.853. The van der Waals surface area contributed by atoms with E-state index in [0.29, 0.717) is 0 Å². The summed E-state index contributed by atoms with van der Waals surface area (Å²) in [5.74, 6) is 0. The number of benzene rings is 1. The first-order chi connectivity index (χ1) is 6.81. The maximum absolute atomic E-state index is 12.1. The fourth-order valence-corrected chi connectivity index (χ4v) is 1.89. The molecule has 84 valence electrons. The van der Waals surface area contributed by atoms with Crippen LogP contribution in [0, 0.1) is 0 Å². The van der Waals surface area contributed by atoms with E-state index in [4.69, 9.17) is 28.9 Å². The molecule has 1 rings (SSSR count). The van der Waals surface area contributed by atoms with E-state index in [2.05, 4.69) is 0 Å². The van der Waals surface area contributed by atoms with Crippen molar-refractivity contribution in [2.45, 2.75) is 18.6 Å². The predicted octanol–water partition coefficient (Wildman–Crippen LogP) is 3.95. The molecular formula is C9H8Cl2F3N. The van der Waals surface area contributed by atoms with Gasteiger partial charge in [0.05, 0.1) is 6.42 Å². The molecule has 0 saturated heterocycles. The van der Waals surface area contributed by atoms with Gasteiger partial charge in [0.1, 0.15) is 0 Å². The van der Waals surface area contributed by atoms with Crippen LogP contribution in [0.1, 0.15) is 18.0 Å². The van der Waals surface area contributed by atoms with Gasteiger partial charge < -0.3 is 5.73 Å². The van der Waals surface area contributed by atoms with Gasteiger partial charge in [-0.15, -0.1) is 0 Å². The number of halogens is 5. The van der Waals surface area contributed by atoms with Gasteiger partial charge in [-0.3, -0.25) is 0 Å². The molecule has 0 aliphatic rings. The van der Waals surface area contributed by atoms with Crippen molar-refractivity contribution < 1.29 is 13.2 Å². The Bertz CT molecular complexity index is 331. The fourth-order valence-electron chi connectivity index (χ4n) is 1.22. The molecule has 1 atom stereocenters. The summed E-state index contributed by atoms with van der Waals surface area (Å²) in [6.45, 7) is 0. The highest BCUT2D eigenvalue weighted by Gasteiger charge is 2.32. The molecule has 0 heterocycles. The summed E-state index contributed by atoms with van der Waals surface area (Å²) in [7, 11) is 0. The minimum Gasteiger partial charge on any atom is -0.324 e. The second kappa shape index (κ2) is 4.60. The highest BCUT2D eigenvalue weighted by atomic mass is 35.5. The van der Waals surface area contributed by atoms with Gasteiger partial charge in [0.15, 0.2) is 0 Å². The van der Waals surface area contributed by atoms with Crippen molar-refractivity contribution in [3.05, 3.63) is 33.8 Å². The molecular weight excluding hydrogens is 250 g/mol. The van der Waals surface area contributed by atoms with E-state index in [1.165, 1.54) is 12.1 Å². The number of nitrogens with two attached hydrogens (primary N) is 1. The van der Waals surface area contributed by atoms with Gasteiger partial charge >= 0.3 is 6.18 Å². The van der Waals surface area contributed by atoms with E-state index < -0.39 is 18.6 Å². The lowest BCUT2D eigenvalue weighted by molar-refractivity contribution is -0.138. The summed E-state index contributed by atoms with van der Waals surface area (Å²) in [6.07, 6.45) is -5.47. The van der Waals surface area contributed by atoms with E-state index in [0.717, 1.165) is 0 Å². The monoisotopic (exact) mass is 257 g/mol. The Morgan fingerprint density at radius 2 is 1.67 bits per heavy atom. The Morgan fingerprint density at radius 3 is 2.07 bits per heavy atom. The number of hydrogen-bond donors (Lipinski definition) is 1. The highest BCUT2D eigenvalue weighted by Crippen LogP contribution is 2.35. The molecule has 0 radical (unpaired) electrons. The minimum absolute atomic E-state index is 0.137. The second-order valence-electron chi connectivity index (χ2n) is 3.06. The van der Waals surface area contributed by atoms with Crippen molar-refractivity contribution in [3.63, 3.8) is 0 Å². The molecule has 1 nitrogen and oxygen atoms in total. The van der Waals surface area contributed by atoms with E-state index in [-0.39, 0.29) is 15.6 Å². The summed E-state index contributed by atoms with van der Waals surface area (Å²) in [5.41, 5.74) is 5.53. The second-order valence-corrected chi connectivity index (χ2v) is 3.88. The van der Waals surface area contributed by atoms with Crippen molar-refractivity contribution in [1.29, 1.82) is 0 Å². The van der Waals surface area contributed by atoms with Gasteiger partial charge in [-0.25, -0.2) is 0 Å². The van der Waals surface area contributed by atoms with Crippen LogP contribution in [-0.2, 0) is 0 Å². The topological polar surface area (TPSA) is 26.0 Å². The molecule has 0 fully saturated rings. The van der Waals surface area contributed by atoms with Crippen LogP contribution in [0.4, 0.5) is 13.2 Å².